The lowest BCUT2D eigenvalue weighted by atomic mass is 9.96. The van der Waals surface area contributed by atoms with E-state index in [9.17, 15) is 4.79 Å². The molecule has 2 atom stereocenters. The summed E-state index contributed by atoms with van der Waals surface area (Å²) in [5.41, 5.74) is 1.23. The predicted octanol–water partition coefficient (Wildman–Crippen LogP) is 2.48. The molecule has 0 spiro atoms. The molecule has 0 saturated heterocycles. The molecule has 0 amide bonds. The third-order valence-corrected chi connectivity index (χ3v) is 3.88. The molecule has 2 unspecified atom stereocenters. The van der Waals surface area contributed by atoms with Gasteiger partial charge in [0.2, 0.25) is 0 Å². The molecule has 20 heavy (non-hydrogen) atoms. The van der Waals surface area contributed by atoms with Crippen molar-refractivity contribution >= 4 is 11.7 Å². The molecule has 1 aromatic rings. The Labute approximate surface area is 118 Å². The van der Waals surface area contributed by atoms with Gasteiger partial charge in [0.1, 0.15) is 11.8 Å². The highest BCUT2D eigenvalue weighted by molar-refractivity contribution is 5.71. The van der Waals surface area contributed by atoms with Crippen LogP contribution in [0.2, 0.25) is 0 Å². The van der Waals surface area contributed by atoms with Crippen LogP contribution >= 0.6 is 0 Å². The molecule has 0 aromatic heterocycles. The minimum absolute atomic E-state index is 0.116. The van der Waals surface area contributed by atoms with Crippen LogP contribution in [-0.4, -0.2) is 24.7 Å². The van der Waals surface area contributed by atoms with E-state index < -0.39 is 5.97 Å². The largest absolute Gasteiger partial charge is 0.497 e. The van der Waals surface area contributed by atoms with Crippen molar-refractivity contribution in [1.29, 1.82) is 5.26 Å². The zero-order chi connectivity index (χ0) is 14.5. The lowest BCUT2D eigenvalue weighted by Gasteiger charge is -2.18. The maximum atomic E-state index is 11.1. The summed E-state index contributed by atoms with van der Waals surface area (Å²) in [5.74, 6) is -0.211. The van der Waals surface area contributed by atoms with Crippen LogP contribution in [0.25, 0.3) is 0 Å². The second-order valence-electron chi connectivity index (χ2n) is 5.04. The number of benzene rings is 1. The van der Waals surface area contributed by atoms with E-state index in [-0.39, 0.29) is 11.8 Å². The van der Waals surface area contributed by atoms with Gasteiger partial charge in [0.05, 0.1) is 24.3 Å². The topological polar surface area (TPSA) is 82.3 Å². The predicted molar refractivity (Wildman–Crippen MR) is 74.7 cm³/mol. The van der Waals surface area contributed by atoms with Gasteiger partial charge in [-0.3, -0.25) is 4.79 Å². The Morgan fingerprint density at radius 1 is 1.55 bits per heavy atom. The van der Waals surface area contributed by atoms with Gasteiger partial charge in [-0.15, -0.1) is 0 Å². The number of aliphatic carboxylic acids is 1. The van der Waals surface area contributed by atoms with Crippen LogP contribution in [0.4, 0.5) is 5.69 Å². The molecule has 1 aromatic carbocycles. The summed E-state index contributed by atoms with van der Waals surface area (Å²) in [6, 6.07) is 7.32. The zero-order valence-corrected chi connectivity index (χ0v) is 11.4. The summed E-state index contributed by atoms with van der Waals surface area (Å²) in [7, 11) is 1.57. The van der Waals surface area contributed by atoms with E-state index in [0.717, 1.165) is 19.3 Å². The number of anilines is 1. The fourth-order valence-electron chi connectivity index (χ4n) is 2.74. The summed E-state index contributed by atoms with van der Waals surface area (Å²) < 4.78 is 5.14. The molecule has 2 N–H and O–H groups in total. The molecule has 5 nitrogen and oxygen atoms in total. The van der Waals surface area contributed by atoms with Gasteiger partial charge in [-0.25, -0.2) is 0 Å². The van der Waals surface area contributed by atoms with Crippen LogP contribution < -0.4 is 10.1 Å². The number of hydrogen-bond donors (Lipinski definition) is 2. The van der Waals surface area contributed by atoms with Gasteiger partial charge in [-0.1, -0.05) is 6.42 Å². The minimum Gasteiger partial charge on any atom is -0.497 e. The van der Waals surface area contributed by atoms with Crippen LogP contribution in [0.3, 0.4) is 0 Å². The van der Waals surface area contributed by atoms with E-state index in [1.165, 1.54) is 0 Å². The maximum absolute atomic E-state index is 11.1. The molecule has 5 heteroatoms. The van der Waals surface area contributed by atoms with Crippen LogP contribution in [0.1, 0.15) is 24.8 Å². The Hall–Kier alpha value is -2.22. The molecular weight excluding hydrogens is 256 g/mol. The van der Waals surface area contributed by atoms with E-state index in [2.05, 4.69) is 11.4 Å². The number of carboxylic acids is 1. The fraction of sp³-hybridized carbons (Fsp3) is 0.467. The molecule has 2 rings (SSSR count). The molecule has 0 heterocycles. The Morgan fingerprint density at radius 2 is 2.35 bits per heavy atom. The Balaban J connectivity index is 2.07. The van der Waals surface area contributed by atoms with Crippen LogP contribution in [0.5, 0.6) is 5.75 Å². The first-order valence-electron chi connectivity index (χ1n) is 6.70. The number of ether oxygens (including phenoxy) is 1. The van der Waals surface area contributed by atoms with Gasteiger partial charge in [0.25, 0.3) is 0 Å². The first kappa shape index (κ1) is 14.2. The number of nitrogens with one attached hydrogen (secondary N) is 1. The molecule has 0 radical (unpaired) electrons. The van der Waals surface area contributed by atoms with Crippen LogP contribution in [-0.2, 0) is 4.79 Å². The molecule has 0 aliphatic heterocycles. The van der Waals surface area contributed by atoms with E-state index in [4.69, 9.17) is 15.1 Å². The Morgan fingerprint density at radius 3 is 3.00 bits per heavy atom. The van der Waals surface area contributed by atoms with Crippen molar-refractivity contribution in [3.05, 3.63) is 23.8 Å². The number of rotatable bonds is 5. The normalized spacial score (nSPS) is 21.2. The lowest BCUT2D eigenvalue weighted by molar-refractivity contribution is -0.142. The molecular formula is C15H18N2O3. The molecule has 1 aliphatic rings. The lowest BCUT2D eigenvalue weighted by Crippen LogP contribution is -2.24. The van der Waals surface area contributed by atoms with Crippen molar-refractivity contribution < 1.29 is 14.6 Å². The maximum Gasteiger partial charge on any atom is 0.306 e. The molecule has 1 saturated carbocycles. The Kier molecular flexibility index (Phi) is 4.46. The third-order valence-electron chi connectivity index (χ3n) is 3.88. The average molecular weight is 274 g/mol. The molecule has 1 fully saturated rings. The Bertz CT molecular complexity index is 536. The quantitative estimate of drug-likeness (QED) is 0.862. The van der Waals surface area contributed by atoms with Gasteiger partial charge < -0.3 is 15.2 Å². The van der Waals surface area contributed by atoms with Gasteiger partial charge in [0.15, 0.2) is 0 Å². The van der Waals surface area contributed by atoms with Gasteiger partial charge in [0, 0.05) is 12.6 Å². The third kappa shape index (κ3) is 3.02. The number of methoxy groups -OCH3 is 1. The van der Waals surface area contributed by atoms with Crippen LogP contribution in [0, 0.1) is 23.2 Å². The highest BCUT2D eigenvalue weighted by Crippen LogP contribution is 2.32. The van der Waals surface area contributed by atoms with Crippen molar-refractivity contribution in [2.75, 3.05) is 19.0 Å². The summed E-state index contributed by atoms with van der Waals surface area (Å²) in [6.07, 6.45) is 2.60. The van der Waals surface area contributed by atoms with Gasteiger partial charge >= 0.3 is 5.97 Å². The van der Waals surface area contributed by atoms with Crippen molar-refractivity contribution in [1.82, 2.24) is 0 Å². The monoisotopic (exact) mass is 274 g/mol. The van der Waals surface area contributed by atoms with Gasteiger partial charge in [-0.05, 0) is 30.9 Å². The summed E-state index contributed by atoms with van der Waals surface area (Å²) in [4.78, 5) is 11.1. The van der Waals surface area contributed by atoms with Crippen molar-refractivity contribution in [3.63, 3.8) is 0 Å². The van der Waals surface area contributed by atoms with E-state index in [1.54, 1.807) is 25.3 Å². The summed E-state index contributed by atoms with van der Waals surface area (Å²) >= 11 is 0. The summed E-state index contributed by atoms with van der Waals surface area (Å²) in [6.45, 7) is 0.568. The highest BCUT2D eigenvalue weighted by Gasteiger charge is 2.32. The SMILES string of the molecule is COc1ccc(C#N)c(NCC2CCCC2C(=O)O)c1. The van der Waals surface area contributed by atoms with Crippen molar-refractivity contribution in [3.8, 4) is 11.8 Å². The first-order valence-corrected chi connectivity index (χ1v) is 6.70. The fourth-order valence-corrected chi connectivity index (χ4v) is 2.74. The van der Waals surface area contributed by atoms with Crippen molar-refractivity contribution in [2.45, 2.75) is 19.3 Å². The number of carbonyl (C=O) groups is 1. The summed E-state index contributed by atoms with van der Waals surface area (Å²) in [5, 5.41) is 21.5. The number of nitriles is 1. The average Bonchev–Trinajstić information content (AvgIpc) is 2.93. The minimum atomic E-state index is -0.722. The smallest absolute Gasteiger partial charge is 0.306 e. The number of hydrogen-bond acceptors (Lipinski definition) is 4. The highest BCUT2D eigenvalue weighted by atomic mass is 16.5. The number of carboxylic acid groups (broad SMARTS) is 1. The van der Waals surface area contributed by atoms with E-state index >= 15 is 0 Å². The first-order chi connectivity index (χ1) is 9.65. The molecule has 106 valence electrons. The van der Waals surface area contributed by atoms with Crippen LogP contribution in [0.15, 0.2) is 18.2 Å². The van der Waals surface area contributed by atoms with E-state index in [1.807, 2.05) is 0 Å². The number of nitrogens with zero attached hydrogens (tertiary/aromatic N) is 1. The standard InChI is InChI=1S/C15H18N2O3/c1-20-12-6-5-10(8-16)14(7-12)17-9-11-3-2-4-13(11)15(18)19/h5-7,11,13,17H,2-4,9H2,1H3,(H,18,19). The second-order valence-corrected chi connectivity index (χ2v) is 5.04. The molecule has 0 bridgehead atoms. The zero-order valence-electron chi connectivity index (χ0n) is 11.4. The van der Waals surface area contributed by atoms with Crippen molar-refractivity contribution in [2.24, 2.45) is 11.8 Å². The molecule has 1 aliphatic carbocycles. The van der Waals surface area contributed by atoms with Gasteiger partial charge in [-0.2, -0.15) is 5.26 Å². The van der Waals surface area contributed by atoms with E-state index in [0.29, 0.717) is 23.5 Å². The second kappa shape index (κ2) is 6.29.